The van der Waals surface area contributed by atoms with Gasteiger partial charge < -0.3 is 9.47 Å². The van der Waals surface area contributed by atoms with Crippen molar-refractivity contribution in [3.63, 3.8) is 0 Å². The van der Waals surface area contributed by atoms with Gasteiger partial charge in [0.25, 0.3) is 0 Å². The molecule has 0 aromatic carbocycles. The molecule has 1 heterocycles. The number of hydrogen-bond donors (Lipinski definition) is 0. The van der Waals surface area contributed by atoms with Gasteiger partial charge in [0.2, 0.25) is 0 Å². The number of halogens is 1. The van der Waals surface area contributed by atoms with Gasteiger partial charge in [-0.25, -0.2) is 0 Å². The fourth-order valence-corrected chi connectivity index (χ4v) is 0.908. The molecule has 0 amide bonds. The Hall–Kier alpha value is 0.210. The number of ether oxygens (including phenoxy) is 2. The van der Waals surface area contributed by atoms with Crippen LogP contribution in [0.15, 0.2) is 0 Å². The molecule has 2 nitrogen and oxygen atoms in total. The molecule has 1 unspecified atom stereocenters. The van der Waals surface area contributed by atoms with Gasteiger partial charge in [0.1, 0.15) is 0 Å². The van der Waals surface area contributed by atoms with Gasteiger partial charge in [-0.3, -0.25) is 0 Å². The van der Waals surface area contributed by atoms with Crippen molar-refractivity contribution in [1.82, 2.24) is 0 Å². The Morgan fingerprint density at radius 2 is 2.33 bits per heavy atom. The maximum Gasteiger partial charge on any atom is 0.164 e. The van der Waals surface area contributed by atoms with Gasteiger partial charge >= 0.3 is 0 Å². The predicted octanol–water partition coefficient (Wildman–Crippen LogP) is 1.38. The molecule has 0 spiro atoms. The Kier molecular flexibility index (Phi) is 2.33. The van der Waals surface area contributed by atoms with Crippen LogP contribution in [-0.2, 0) is 9.47 Å². The normalized spacial score (nSPS) is 36.7. The van der Waals surface area contributed by atoms with Crippen molar-refractivity contribution in [3.8, 4) is 0 Å². The van der Waals surface area contributed by atoms with Crippen LogP contribution in [0.1, 0.15) is 13.3 Å². The average molecular weight is 151 g/mol. The number of rotatable bonds is 1. The second-order valence-electron chi connectivity index (χ2n) is 2.14. The molecule has 1 fully saturated rings. The van der Waals surface area contributed by atoms with Crippen LogP contribution < -0.4 is 0 Å². The third-order valence-electron chi connectivity index (χ3n) is 1.43. The Morgan fingerprint density at radius 1 is 1.56 bits per heavy atom. The van der Waals surface area contributed by atoms with E-state index in [1.54, 1.807) is 0 Å². The Bertz CT molecular complexity index is 89.1. The van der Waals surface area contributed by atoms with Gasteiger partial charge in [-0.1, -0.05) is 18.5 Å². The first-order chi connectivity index (χ1) is 4.27. The second-order valence-corrected chi connectivity index (χ2v) is 2.83. The van der Waals surface area contributed by atoms with E-state index in [2.05, 4.69) is 0 Å². The fraction of sp³-hybridized carbons (Fsp3) is 1.00. The van der Waals surface area contributed by atoms with Crippen molar-refractivity contribution >= 4 is 11.6 Å². The summed E-state index contributed by atoms with van der Waals surface area (Å²) < 4.78 is 10.4. The zero-order valence-electron chi connectivity index (χ0n) is 5.52. The van der Waals surface area contributed by atoms with E-state index in [-0.39, 0.29) is 0 Å². The van der Waals surface area contributed by atoms with Gasteiger partial charge in [0.05, 0.1) is 19.8 Å². The van der Waals surface area contributed by atoms with Gasteiger partial charge in [0, 0.05) is 0 Å². The minimum Gasteiger partial charge on any atom is -0.375 e. The summed E-state index contributed by atoms with van der Waals surface area (Å²) in [6, 6.07) is 0. The summed E-state index contributed by atoms with van der Waals surface area (Å²) in [4.78, 5) is 0. The average Bonchev–Trinajstić information content (AvgIpc) is 1.90. The Labute approximate surface area is 60.1 Å². The van der Waals surface area contributed by atoms with E-state index >= 15 is 0 Å². The van der Waals surface area contributed by atoms with Crippen LogP contribution in [0.5, 0.6) is 0 Å². The largest absolute Gasteiger partial charge is 0.375 e. The number of alkyl halides is 1. The molecule has 1 rings (SSSR count). The number of hydrogen-bond acceptors (Lipinski definition) is 2. The van der Waals surface area contributed by atoms with Crippen molar-refractivity contribution < 1.29 is 9.47 Å². The van der Waals surface area contributed by atoms with Crippen LogP contribution in [-0.4, -0.2) is 24.9 Å². The van der Waals surface area contributed by atoms with Crippen molar-refractivity contribution in [1.29, 1.82) is 0 Å². The van der Waals surface area contributed by atoms with Crippen molar-refractivity contribution in [2.24, 2.45) is 0 Å². The summed E-state index contributed by atoms with van der Waals surface area (Å²) in [5.74, 6) is 0. The maximum atomic E-state index is 5.91. The Morgan fingerprint density at radius 3 is 2.67 bits per heavy atom. The molecule has 0 radical (unpaired) electrons. The molecule has 0 aromatic heterocycles. The molecule has 3 heteroatoms. The Balaban J connectivity index is 2.37. The summed E-state index contributed by atoms with van der Waals surface area (Å²) in [5.41, 5.74) is 0. The minimum absolute atomic E-state index is 0.519. The third-order valence-corrected chi connectivity index (χ3v) is 1.92. The lowest BCUT2D eigenvalue weighted by Crippen LogP contribution is -2.37. The zero-order valence-corrected chi connectivity index (χ0v) is 6.28. The van der Waals surface area contributed by atoms with Crippen LogP contribution in [0.3, 0.4) is 0 Å². The quantitative estimate of drug-likeness (QED) is 0.526. The molecule has 1 aliphatic rings. The first-order valence-electron chi connectivity index (χ1n) is 3.17. The minimum atomic E-state index is -0.530. The van der Waals surface area contributed by atoms with E-state index in [0.29, 0.717) is 19.8 Å². The first-order valence-corrected chi connectivity index (χ1v) is 3.55. The van der Waals surface area contributed by atoms with Crippen LogP contribution in [0.2, 0.25) is 0 Å². The van der Waals surface area contributed by atoms with Crippen LogP contribution in [0.4, 0.5) is 0 Å². The lowest BCUT2D eigenvalue weighted by Gasteiger charge is -2.29. The zero-order chi connectivity index (χ0) is 6.74. The lowest BCUT2D eigenvalue weighted by molar-refractivity contribution is -0.113. The highest BCUT2D eigenvalue weighted by Gasteiger charge is 2.28. The molecule has 9 heavy (non-hydrogen) atoms. The van der Waals surface area contributed by atoms with Crippen molar-refractivity contribution in [3.05, 3.63) is 0 Å². The first kappa shape index (κ1) is 7.32. The van der Waals surface area contributed by atoms with Gasteiger partial charge in [-0.2, -0.15) is 0 Å². The molecule has 0 aromatic rings. The summed E-state index contributed by atoms with van der Waals surface area (Å²) >= 11 is 5.91. The molecule has 0 aliphatic carbocycles. The summed E-state index contributed by atoms with van der Waals surface area (Å²) in [6.45, 7) is 3.80. The highest BCUT2D eigenvalue weighted by Crippen LogP contribution is 2.24. The second kappa shape index (κ2) is 2.86. The molecule has 1 aliphatic heterocycles. The summed E-state index contributed by atoms with van der Waals surface area (Å²) in [6.07, 6.45) is 0.800. The summed E-state index contributed by atoms with van der Waals surface area (Å²) in [7, 11) is 0. The van der Waals surface area contributed by atoms with Crippen LogP contribution >= 0.6 is 11.6 Å². The monoisotopic (exact) mass is 150 g/mol. The molecular weight excluding hydrogens is 140 g/mol. The van der Waals surface area contributed by atoms with Gasteiger partial charge in [0.15, 0.2) is 5.06 Å². The van der Waals surface area contributed by atoms with Crippen molar-refractivity contribution in [2.75, 3.05) is 19.8 Å². The molecule has 0 saturated carbocycles. The van der Waals surface area contributed by atoms with Gasteiger partial charge in [-0.05, 0) is 6.42 Å². The van der Waals surface area contributed by atoms with E-state index in [1.165, 1.54) is 0 Å². The third kappa shape index (κ3) is 1.81. The smallest absolute Gasteiger partial charge is 0.164 e. The standard InChI is InChI=1S/C6H11ClO2/c1-2-6(7)5-8-3-4-9-6/h2-5H2,1H3. The highest BCUT2D eigenvalue weighted by molar-refractivity contribution is 6.23. The van der Waals surface area contributed by atoms with E-state index < -0.39 is 5.06 Å². The highest BCUT2D eigenvalue weighted by atomic mass is 35.5. The van der Waals surface area contributed by atoms with E-state index in [0.717, 1.165) is 6.42 Å². The molecule has 1 atom stereocenters. The molecule has 0 N–H and O–H groups in total. The van der Waals surface area contributed by atoms with Crippen molar-refractivity contribution in [2.45, 2.75) is 18.4 Å². The SMILES string of the molecule is CCC1(Cl)COCCO1. The molecule has 0 bridgehead atoms. The molecule has 1 saturated heterocycles. The summed E-state index contributed by atoms with van der Waals surface area (Å²) in [5, 5.41) is -0.530. The molecule has 54 valence electrons. The fourth-order valence-electron chi connectivity index (χ4n) is 0.754. The van der Waals surface area contributed by atoms with Crippen LogP contribution in [0.25, 0.3) is 0 Å². The van der Waals surface area contributed by atoms with E-state index in [4.69, 9.17) is 21.1 Å². The maximum absolute atomic E-state index is 5.91. The predicted molar refractivity (Wildman–Crippen MR) is 35.6 cm³/mol. The van der Waals surface area contributed by atoms with E-state index in [9.17, 15) is 0 Å². The van der Waals surface area contributed by atoms with Gasteiger partial charge in [-0.15, -0.1) is 0 Å². The molecular formula is C6H11ClO2. The van der Waals surface area contributed by atoms with E-state index in [1.807, 2.05) is 6.92 Å². The van der Waals surface area contributed by atoms with Crippen LogP contribution in [0, 0.1) is 0 Å². The lowest BCUT2D eigenvalue weighted by atomic mass is 10.3. The topological polar surface area (TPSA) is 18.5 Å².